The Morgan fingerprint density at radius 1 is 1.56 bits per heavy atom. The maximum absolute atomic E-state index is 12.9. The smallest absolute Gasteiger partial charge is 0.307 e. The average molecular weight is 227 g/mol. The molecule has 5 heteroatoms. The van der Waals surface area contributed by atoms with Gasteiger partial charge in [0.15, 0.2) is 0 Å². The van der Waals surface area contributed by atoms with Gasteiger partial charge in [-0.1, -0.05) is 0 Å². The molecule has 1 rings (SSSR count). The van der Waals surface area contributed by atoms with Crippen molar-refractivity contribution in [1.82, 2.24) is 0 Å². The first-order valence-corrected chi connectivity index (χ1v) is 4.86. The van der Waals surface area contributed by atoms with E-state index in [1.54, 1.807) is 7.11 Å². The molecule has 4 nitrogen and oxygen atoms in total. The minimum atomic E-state index is -0.986. The summed E-state index contributed by atoms with van der Waals surface area (Å²) in [7, 11) is 1.57. The molecule has 0 saturated carbocycles. The molecule has 0 aromatic heterocycles. The first-order chi connectivity index (χ1) is 7.63. The molecule has 1 aromatic carbocycles. The maximum Gasteiger partial charge on any atom is 0.307 e. The van der Waals surface area contributed by atoms with Gasteiger partial charge in [-0.15, -0.1) is 0 Å². The standard InChI is InChI=1S/C11H14FNO3/c1-16-5-4-13-10-3-2-9(12)6-8(10)7-11(14)15/h2-3,6,13H,4-5,7H2,1H3,(H,14,15). The average Bonchev–Trinajstić information content (AvgIpc) is 2.20. The number of halogens is 1. The molecule has 2 N–H and O–H groups in total. The Morgan fingerprint density at radius 2 is 2.31 bits per heavy atom. The molecule has 0 radical (unpaired) electrons. The number of ether oxygens (including phenoxy) is 1. The highest BCUT2D eigenvalue weighted by Crippen LogP contribution is 2.17. The monoisotopic (exact) mass is 227 g/mol. The minimum Gasteiger partial charge on any atom is -0.481 e. The fraction of sp³-hybridized carbons (Fsp3) is 0.364. The third kappa shape index (κ3) is 3.86. The van der Waals surface area contributed by atoms with E-state index >= 15 is 0 Å². The number of anilines is 1. The van der Waals surface area contributed by atoms with Crippen LogP contribution < -0.4 is 5.32 Å². The zero-order valence-electron chi connectivity index (χ0n) is 9.00. The van der Waals surface area contributed by atoms with Gasteiger partial charge in [0.25, 0.3) is 0 Å². The second-order valence-electron chi connectivity index (χ2n) is 3.29. The topological polar surface area (TPSA) is 58.6 Å². The van der Waals surface area contributed by atoms with Gasteiger partial charge in [-0.25, -0.2) is 4.39 Å². The van der Waals surface area contributed by atoms with Crippen molar-refractivity contribution in [3.05, 3.63) is 29.6 Å². The molecule has 0 saturated heterocycles. The molecule has 0 aliphatic carbocycles. The summed E-state index contributed by atoms with van der Waals surface area (Å²) in [6.45, 7) is 1.05. The molecule has 0 unspecified atom stereocenters. The maximum atomic E-state index is 12.9. The summed E-state index contributed by atoms with van der Waals surface area (Å²) in [5.41, 5.74) is 1.06. The van der Waals surface area contributed by atoms with E-state index in [9.17, 15) is 9.18 Å². The van der Waals surface area contributed by atoms with Gasteiger partial charge in [-0.05, 0) is 23.8 Å². The Kier molecular flexibility index (Phi) is 4.72. The van der Waals surface area contributed by atoms with Crippen LogP contribution in [-0.2, 0) is 16.0 Å². The van der Waals surface area contributed by atoms with Crippen LogP contribution in [0.4, 0.5) is 10.1 Å². The summed E-state index contributed by atoms with van der Waals surface area (Å²) < 4.78 is 17.8. The van der Waals surface area contributed by atoms with Crippen LogP contribution in [0.25, 0.3) is 0 Å². The van der Waals surface area contributed by atoms with Gasteiger partial charge in [0.1, 0.15) is 5.82 Å². The first-order valence-electron chi connectivity index (χ1n) is 4.86. The molecule has 0 bridgehead atoms. The molecule has 0 aliphatic heterocycles. The first kappa shape index (κ1) is 12.4. The number of benzene rings is 1. The fourth-order valence-corrected chi connectivity index (χ4v) is 1.33. The lowest BCUT2D eigenvalue weighted by molar-refractivity contribution is -0.136. The third-order valence-corrected chi connectivity index (χ3v) is 2.03. The number of rotatable bonds is 6. The second-order valence-corrected chi connectivity index (χ2v) is 3.29. The molecular formula is C11H14FNO3. The van der Waals surface area contributed by atoms with Crippen LogP contribution in [0.3, 0.4) is 0 Å². The van der Waals surface area contributed by atoms with Gasteiger partial charge in [0, 0.05) is 19.3 Å². The summed E-state index contributed by atoms with van der Waals surface area (Å²) >= 11 is 0. The Hall–Kier alpha value is -1.62. The van der Waals surface area contributed by atoms with Crippen molar-refractivity contribution in [3.63, 3.8) is 0 Å². The number of carboxylic acids is 1. The summed E-state index contributed by atoms with van der Waals surface area (Å²) in [5, 5.41) is 11.7. The van der Waals surface area contributed by atoms with Crippen LogP contribution in [0.5, 0.6) is 0 Å². The molecule has 0 atom stereocenters. The molecule has 0 amide bonds. The number of aliphatic carboxylic acids is 1. The van der Waals surface area contributed by atoms with Crippen molar-refractivity contribution in [3.8, 4) is 0 Å². The SMILES string of the molecule is COCCNc1ccc(F)cc1CC(=O)O. The molecular weight excluding hydrogens is 213 g/mol. The summed E-state index contributed by atoms with van der Waals surface area (Å²) in [5.74, 6) is -1.42. The quantitative estimate of drug-likeness (QED) is 0.723. The van der Waals surface area contributed by atoms with E-state index in [0.717, 1.165) is 0 Å². The van der Waals surface area contributed by atoms with Gasteiger partial charge in [-0.3, -0.25) is 4.79 Å². The van der Waals surface area contributed by atoms with Crippen LogP contribution >= 0.6 is 0 Å². The number of nitrogens with one attached hydrogen (secondary N) is 1. The van der Waals surface area contributed by atoms with Crippen molar-refractivity contribution >= 4 is 11.7 Å². The Balaban J connectivity index is 2.76. The number of hydrogen-bond donors (Lipinski definition) is 2. The molecule has 0 aliphatic rings. The summed E-state index contributed by atoms with van der Waals surface area (Å²) in [6.07, 6.45) is -0.201. The minimum absolute atomic E-state index is 0.201. The van der Waals surface area contributed by atoms with Crippen molar-refractivity contribution in [2.45, 2.75) is 6.42 Å². The van der Waals surface area contributed by atoms with E-state index in [-0.39, 0.29) is 6.42 Å². The van der Waals surface area contributed by atoms with E-state index in [1.807, 2.05) is 0 Å². The van der Waals surface area contributed by atoms with Crippen LogP contribution in [0, 0.1) is 5.82 Å². The number of carboxylic acid groups (broad SMARTS) is 1. The lowest BCUT2D eigenvalue weighted by Gasteiger charge is -2.10. The number of hydrogen-bond acceptors (Lipinski definition) is 3. The highest BCUT2D eigenvalue weighted by molar-refractivity contribution is 5.73. The Labute approximate surface area is 93.0 Å². The zero-order chi connectivity index (χ0) is 12.0. The van der Waals surface area contributed by atoms with E-state index in [1.165, 1.54) is 18.2 Å². The van der Waals surface area contributed by atoms with Crippen molar-refractivity contribution < 1.29 is 19.0 Å². The molecule has 88 valence electrons. The summed E-state index contributed by atoms with van der Waals surface area (Å²) in [4.78, 5) is 10.6. The van der Waals surface area contributed by atoms with Gasteiger partial charge in [0.05, 0.1) is 13.0 Å². The molecule has 0 spiro atoms. The van der Waals surface area contributed by atoms with E-state index < -0.39 is 11.8 Å². The fourth-order valence-electron chi connectivity index (χ4n) is 1.33. The van der Waals surface area contributed by atoms with Crippen LogP contribution in [0.2, 0.25) is 0 Å². The summed E-state index contributed by atoms with van der Waals surface area (Å²) in [6, 6.07) is 4.05. The van der Waals surface area contributed by atoms with Gasteiger partial charge < -0.3 is 15.2 Å². The van der Waals surface area contributed by atoms with Crippen LogP contribution in [0.1, 0.15) is 5.56 Å². The predicted octanol–water partition coefficient (Wildman–Crippen LogP) is 1.51. The van der Waals surface area contributed by atoms with Gasteiger partial charge in [-0.2, -0.15) is 0 Å². The zero-order valence-corrected chi connectivity index (χ0v) is 9.00. The molecule has 0 fully saturated rings. The number of methoxy groups -OCH3 is 1. The van der Waals surface area contributed by atoms with Gasteiger partial charge in [0.2, 0.25) is 0 Å². The van der Waals surface area contributed by atoms with Gasteiger partial charge >= 0.3 is 5.97 Å². The normalized spacial score (nSPS) is 10.1. The molecule has 16 heavy (non-hydrogen) atoms. The van der Waals surface area contributed by atoms with E-state index in [4.69, 9.17) is 9.84 Å². The highest BCUT2D eigenvalue weighted by atomic mass is 19.1. The Morgan fingerprint density at radius 3 is 2.94 bits per heavy atom. The van der Waals surface area contributed by atoms with Crippen LogP contribution in [-0.4, -0.2) is 31.3 Å². The third-order valence-electron chi connectivity index (χ3n) is 2.03. The lowest BCUT2D eigenvalue weighted by Crippen LogP contribution is -2.11. The second kappa shape index (κ2) is 6.07. The van der Waals surface area contributed by atoms with Crippen molar-refractivity contribution in [2.75, 3.05) is 25.6 Å². The highest BCUT2D eigenvalue weighted by Gasteiger charge is 2.07. The lowest BCUT2D eigenvalue weighted by atomic mass is 10.1. The van der Waals surface area contributed by atoms with Crippen LogP contribution in [0.15, 0.2) is 18.2 Å². The largest absolute Gasteiger partial charge is 0.481 e. The van der Waals surface area contributed by atoms with E-state index in [2.05, 4.69) is 5.32 Å². The Bertz CT molecular complexity index is 368. The predicted molar refractivity (Wildman–Crippen MR) is 58.1 cm³/mol. The molecule has 0 heterocycles. The molecule has 1 aromatic rings. The van der Waals surface area contributed by atoms with Crippen molar-refractivity contribution in [1.29, 1.82) is 0 Å². The number of carbonyl (C=O) groups is 1. The van der Waals surface area contributed by atoms with E-state index in [0.29, 0.717) is 24.4 Å². The van der Waals surface area contributed by atoms with Crippen molar-refractivity contribution in [2.24, 2.45) is 0 Å².